The first-order valence-electron chi connectivity index (χ1n) is 5.95. The minimum atomic E-state index is 0.0283. The first kappa shape index (κ1) is 20.5. The second-order valence-corrected chi connectivity index (χ2v) is 2.99. The molecule has 1 amide bonds. The van der Waals surface area contributed by atoms with E-state index in [1.54, 1.807) is 0 Å². The van der Waals surface area contributed by atoms with Crippen LogP contribution in [0.2, 0.25) is 0 Å². The van der Waals surface area contributed by atoms with Crippen LogP contribution < -0.4 is 5.32 Å². The summed E-state index contributed by atoms with van der Waals surface area (Å²) < 4.78 is 0. The molecule has 4 heteroatoms. The topological polar surface area (TPSA) is 49.4 Å². The zero-order valence-electron chi connectivity index (χ0n) is 11.7. The fourth-order valence-corrected chi connectivity index (χ4v) is 0.742. The van der Waals surface area contributed by atoms with Crippen molar-refractivity contribution in [3.05, 3.63) is 0 Å². The van der Waals surface area contributed by atoms with E-state index in [0.29, 0.717) is 13.0 Å². The number of nitrogens with zero attached hydrogens (tertiary/aromatic N) is 1. The van der Waals surface area contributed by atoms with Crippen LogP contribution >= 0.6 is 0 Å². The van der Waals surface area contributed by atoms with E-state index in [-0.39, 0.29) is 12.3 Å². The van der Waals surface area contributed by atoms with Gasteiger partial charge in [-0.25, -0.2) is 0 Å². The quantitative estimate of drug-likeness (QED) is 0.709. The normalized spacial score (nSPS) is 7.88. The first-order valence-corrected chi connectivity index (χ1v) is 5.95. The van der Waals surface area contributed by atoms with Crippen LogP contribution in [0.4, 0.5) is 0 Å². The summed E-state index contributed by atoms with van der Waals surface area (Å²) >= 11 is 0. The second-order valence-electron chi connectivity index (χ2n) is 2.99. The highest BCUT2D eigenvalue weighted by molar-refractivity contribution is 5.79. The Hall–Kier alpha value is -0.900. The number of hydrogen-bond acceptors (Lipinski definition) is 3. The minimum absolute atomic E-state index is 0.0283. The zero-order chi connectivity index (χ0) is 13.4. The van der Waals surface area contributed by atoms with Crippen LogP contribution in [0.25, 0.3) is 0 Å². The second kappa shape index (κ2) is 19.6. The van der Waals surface area contributed by atoms with Gasteiger partial charge in [-0.15, -0.1) is 0 Å². The summed E-state index contributed by atoms with van der Waals surface area (Å²) in [5.41, 5.74) is 0. The van der Waals surface area contributed by atoms with E-state index in [1.165, 1.54) is 11.8 Å². The number of Topliss-reactive ketones (excluding diaryl/α,β-unsaturated/α-hetero) is 1. The highest BCUT2D eigenvalue weighted by Crippen LogP contribution is 1.86. The summed E-state index contributed by atoms with van der Waals surface area (Å²) in [5, 5.41) is 2.93. The van der Waals surface area contributed by atoms with Crippen molar-refractivity contribution < 1.29 is 9.59 Å². The van der Waals surface area contributed by atoms with Crippen molar-refractivity contribution in [3.8, 4) is 0 Å². The third-order valence-corrected chi connectivity index (χ3v) is 1.44. The lowest BCUT2D eigenvalue weighted by molar-refractivity contribution is -0.125. The summed E-state index contributed by atoms with van der Waals surface area (Å²) in [4.78, 5) is 22.2. The van der Waals surface area contributed by atoms with Crippen LogP contribution in [0.3, 0.4) is 0 Å². The molecule has 16 heavy (non-hydrogen) atoms. The molecule has 0 radical (unpaired) electrons. The molecule has 0 saturated heterocycles. The summed E-state index contributed by atoms with van der Waals surface area (Å²) in [5.74, 6) is 0.0283. The van der Waals surface area contributed by atoms with Gasteiger partial charge in [-0.3, -0.25) is 9.59 Å². The van der Waals surface area contributed by atoms with Gasteiger partial charge in [0, 0.05) is 6.54 Å². The summed E-state index contributed by atoms with van der Waals surface area (Å²) in [6.45, 7) is 11.5. The molecule has 0 spiro atoms. The maximum atomic E-state index is 10.5. The number of rotatable bonds is 6. The molecule has 0 bridgehead atoms. The standard InChI is InChI=1S/C7H13NO2.C3H9N.C2H6/c1-3-4-8(6-9)5-7(2)10;1-3-4-2;1-2/h6H,3-5H2,1-2H3;4H,3H2,1-2H3;1-2H3. The average Bonchev–Trinajstić information content (AvgIpc) is 2.31. The molecule has 0 aliphatic carbocycles. The number of amides is 1. The highest BCUT2D eigenvalue weighted by Gasteiger charge is 2.01. The molecule has 0 saturated carbocycles. The number of nitrogens with one attached hydrogen (secondary N) is 1. The number of carbonyl (C=O) groups excluding carboxylic acids is 2. The van der Waals surface area contributed by atoms with Crippen molar-refractivity contribution in [2.75, 3.05) is 26.7 Å². The molecule has 4 nitrogen and oxygen atoms in total. The van der Waals surface area contributed by atoms with Gasteiger partial charge in [0.05, 0.1) is 6.54 Å². The Bertz CT molecular complexity index is 148. The van der Waals surface area contributed by atoms with Crippen LogP contribution in [-0.4, -0.2) is 43.8 Å². The molecule has 0 aromatic rings. The van der Waals surface area contributed by atoms with E-state index >= 15 is 0 Å². The van der Waals surface area contributed by atoms with Crippen LogP contribution in [0.5, 0.6) is 0 Å². The van der Waals surface area contributed by atoms with Crippen molar-refractivity contribution in [2.45, 2.75) is 41.0 Å². The Balaban J connectivity index is -0.000000237. The predicted molar refractivity (Wildman–Crippen MR) is 69.6 cm³/mol. The molecule has 0 aliphatic heterocycles. The Morgan fingerprint density at radius 2 is 1.75 bits per heavy atom. The van der Waals surface area contributed by atoms with Gasteiger partial charge in [-0.2, -0.15) is 0 Å². The van der Waals surface area contributed by atoms with Gasteiger partial charge >= 0.3 is 0 Å². The summed E-state index contributed by atoms with van der Waals surface area (Å²) in [7, 11) is 1.93. The molecule has 0 heterocycles. The maximum Gasteiger partial charge on any atom is 0.210 e. The Morgan fingerprint density at radius 1 is 1.31 bits per heavy atom. The minimum Gasteiger partial charge on any atom is -0.338 e. The Morgan fingerprint density at radius 3 is 1.94 bits per heavy atom. The molecule has 0 atom stereocenters. The van der Waals surface area contributed by atoms with E-state index in [2.05, 4.69) is 12.2 Å². The van der Waals surface area contributed by atoms with E-state index in [0.717, 1.165) is 13.0 Å². The smallest absolute Gasteiger partial charge is 0.210 e. The molecule has 1 N–H and O–H groups in total. The maximum absolute atomic E-state index is 10.5. The third kappa shape index (κ3) is 23.2. The summed E-state index contributed by atoms with van der Waals surface area (Å²) in [6, 6.07) is 0. The van der Waals surface area contributed by atoms with Crippen LogP contribution in [0, 0.1) is 0 Å². The lowest BCUT2D eigenvalue weighted by atomic mass is 10.4. The number of ketones is 1. The molecule has 0 rings (SSSR count). The zero-order valence-corrected chi connectivity index (χ0v) is 11.7. The number of carbonyl (C=O) groups is 2. The summed E-state index contributed by atoms with van der Waals surface area (Å²) in [6.07, 6.45) is 1.61. The molecule has 0 unspecified atom stereocenters. The fraction of sp³-hybridized carbons (Fsp3) is 0.833. The molecular weight excluding hydrogens is 204 g/mol. The van der Waals surface area contributed by atoms with Crippen LogP contribution in [-0.2, 0) is 9.59 Å². The van der Waals surface area contributed by atoms with Gasteiger partial charge in [-0.05, 0) is 26.9 Å². The van der Waals surface area contributed by atoms with Crippen LogP contribution in [0.1, 0.15) is 41.0 Å². The van der Waals surface area contributed by atoms with Crippen molar-refractivity contribution in [1.82, 2.24) is 10.2 Å². The van der Waals surface area contributed by atoms with Gasteiger partial charge < -0.3 is 10.2 Å². The lowest BCUT2D eigenvalue weighted by Gasteiger charge is -2.12. The van der Waals surface area contributed by atoms with Crippen molar-refractivity contribution in [1.29, 1.82) is 0 Å². The van der Waals surface area contributed by atoms with Gasteiger partial charge in [0.25, 0.3) is 0 Å². The molecule has 0 aliphatic rings. The van der Waals surface area contributed by atoms with Crippen molar-refractivity contribution in [3.63, 3.8) is 0 Å². The van der Waals surface area contributed by atoms with Gasteiger partial charge in [0.2, 0.25) is 6.41 Å². The van der Waals surface area contributed by atoms with E-state index < -0.39 is 0 Å². The molecule has 98 valence electrons. The third-order valence-electron chi connectivity index (χ3n) is 1.44. The van der Waals surface area contributed by atoms with Gasteiger partial charge in [0.1, 0.15) is 5.78 Å². The van der Waals surface area contributed by atoms with E-state index in [9.17, 15) is 9.59 Å². The SMILES string of the molecule is CC.CCCN(C=O)CC(C)=O.CCNC. The van der Waals surface area contributed by atoms with Gasteiger partial charge in [0.15, 0.2) is 0 Å². The van der Waals surface area contributed by atoms with Crippen LogP contribution in [0.15, 0.2) is 0 Å². The molecule has 0 aromatic carbocycles. The molecule has 0 aromatic heterocycles. The van der Waals surface area contributed by atoms with E-state index in [4.69, 9.17) is 0 Å². The average molecular weight is 232 g/mol. The van der Waals surface area contributed by atoms with Crippen molar-refractivity contribution in [2.24, 2.45) is 0 Å². The highest BCUT2D eigenvalue weighted by atomic mass is 16.1. The Kier molecular flexibility index (Phi) is 25.2. The van der Waals surface area contributed by atoms with Crippen molar-refractivity contribution >= 4 is 12.2 Å². The van der Waals surface area contributed by atoms with Gasteiger partial charge in [-0.1, -0.05) is 27.7 Å². The predicted octanol–water partition coefficient (Wildman–Crippen LogP) is 1.70. The molecule has 0 fully saturated rings. The monoisotopic (exact) mass is 232 g/mol. The van der Waals surface area contributed by atoms with E-state index in [1.807, 2.05) is 27.8 Å². The molecular formula is C12H28N2O2. The lowest BCUT2D eigenvalue weighted by Crippen LogP contribution is -2.27. The fourth-order valence-electron chi connectivity index (χ4n) is 0.742. The number of hydrogen-bond donors (Lipinski definition) is 1. The first-order chi connectivity index (χ1) is 7.62. The Labute approximate surface area is 100 Å². The largest absolute Gasteiger partial charge is 0.338 e.